The Kier molecular flexibility index (Phi) is 5.95. The summed E-state index contributed by atoms with van der Waals surface area (Å²) in [5.41, 5.74) is 2.95. The summed E-state index contributed by atoms with van der Waals surface area (Å²) < 4.78 is 15.3. The summed E-state index contributed by atoms with van der Waals surface area (Å²) in [6, 6.07) is 8.37. The third kappa shape index (κ3) is 4.35. The Bertz CT molecular complexity index is 725. The first-order valence-electron chi connectivity index (χ1n) is 7.00. The van der Waals surface area contributed by atoms with Crippen LogP contribution in [0.15, 0.2) is 46.1 Å². The largest absolute Gasteiger partial charge is 0.493 e. The van der Waals surface area contributed by atoms with Gasteiger partial charge in [0.2, 0.25) is 0 Å². The molecule has 0 saturated heterocycles. The van der Waals surface area contributed by atoms with Crippen LogP contribution < -0.4 is 20.2 Å². The number of hydrogen-bond acceptors (Lipinski definition) is 6. The second kappa shape index (κ2) is 8.37. The Morgan fingerprint density at radius 3 is 2.71 bits per heavy atom. The predicted octanol–water partition coefficient (Wildman–Crippen LogP) is 1.18. The third-order valence-corrected chi connectivity index (χ3v) is 2.98. The zero-order chi connectivity index (χ0) is 17.4. The van der Waals surface area contributed by atoms with E-state index in [4.69, 9.17) is 13.9 Å². The standard InChI is InChI=1S/C16H17N3O5/c1-22-12-6-3-5-11(15(12)23-2)9-18-19-14(20)10-17-16(21)13-7-4-8-24-13/h3-9H,10H2,1-2H3,(H,17,21)(H,19,20)/b18-9-. The Balaban J connectivity index is 1.87. The number of nitrogens with zero attached hydrogens (tertiary/aromatic N) is 1. The fraction of sp³-hybridized carbons (Fsp3) is 0.188. The molecule has 8 nitrogen and oxygen atoms in total. The number of methoxy groups -OCH3 is 2. The first kappa shape index (κ1) is 17.1. The number of carbonyl (C=O) groups is 2. The molecule has 0 atom stereocenters. The molecular formula is C16H17N3O5. The van der Waals surface area contributed by atoms with Crippen molar-refractivity contribution in [3.63, 3.8) is 0 Å². The van der Waals surface area contributed by atoms with Crippen LogP contribution in [0.5, 0.6) is 11.5 Å². The van der Waals surface area contributed by atoms with Crippen LogP contribution >= 0.6 is 0 Å². The number of furan rings is 1. The summed E-state index contributed by atoms with van der Waals surface area (Å²) in [6.45, 7) is -0.230. The van der Waals surface area contributed by atoms with E-state index in [0.29, 0.717) is 17.1 Å². The highest BCUT2D eigenvalue weighted by atomic mass is 16.5. The van der Waals surface area contributed by atoms with E-state index >= 15 is 0 Å². The van der Waals surface area contributed by atoms with Gasteiger partial charge in [0.05, 0.1) is 33.2 Å². The first-order chi connectivity index (χ1) is 11.7. The fourth-order valence-electron chi connectivity index (χ4n) is 1.88. The molecule has 0 aliphatic heterocycles. The predicted molar refractivity (Wildman–Crippen MR) is 86.3 cm³/mol. The van der Waals surface area contributed by atoms with Gasteiger partial charge < -0.3 is 19.2 Å². The molecule has 0 fully saturated rings. The summed E-state index contributed by atoms with van der Waals surface area (Å²) in [6.07, 6.45) is 2.80. The molecule has 2 aromatic rings. The lowest BCUT2D eigenvalue weighted by molar-refractivity contribution is -0.120. The molecule has 0 spiro atoms. The molecule has 24 heavy (non-hydrogen) atoms. The van der Waals surface area contributed by atoms with E-state index in [1.807, 2.05) is 0 Å². The van der Waals surface area contributed by atoms with Crippen molar-refractivity contribution in [1.29, 1.82) is 0 Å². The zero-order valence-electron chi connectivity index (χ0n) is 13.2. The summed E-state index contributed by atoms with van der Waals surface area (Å²) in [4.78, 5) is 23.3. The fourth-order valence-corrected chi connectivity index (χ4v) is 1.88. The molecule has 8 heteroatoms. The van der Waals surface area contributed by atoms with Gasteiger partial charge in [-0.25, -0.2) is 5.43 Å². The van der Waals surface area contributed by atoms with Gasteiger partial charge in [-0.1, -0.05) is 6.07 Å². The van der Waals surface area contributed by atoms with Crippen LogP contribution in [0.1, 0.15) is 16.1 Å². The highest BCUT2D eigenvalue weighted by molar-refractivity contribution is 5.94. The van der Waals surface area contributed by atoms with E-state index in [0.717, 1.165) is 0 Å². The average molecular weight is 331 g/mol. The highest BCUT2D eigenvalue weighted by Gasteiger charge is 2.10. The number of amides is 2. The highest BCUT2D eigenvalue weighted by Crippen LogP contribution is 2.29. The summed E-state index contributed by atoms with van der Waals surface area (Å²) >= 11 is 0. The van der Waals surface area contributed by atoms with Gasteiger partial charge >= 0.3 is 0 Å². The number of carbonyl (C=O) groups excluding carboxylic acids is 2. The van der Waals surface area contributed by atoms with Gasteiger partial charge in [0.1, 0.15) is 0 Å². The molecule has 0 radical (unpaired) electrons. The van der Waals surface area contributed by atoms with Crippen LogP contribution in [-0.2, 0) is 4.79 Å². The molecule has 2 rings (SSSR count). The normalized spacial score (nSPS) is 10.4. The molecule has 0 aliphatic carbocycles. The maximum absolute atomic E-state index is 11.7. The van der Waals surface area contributed by atoms with Crippen molar-refractivity contribution >= 4 is 18.0 Å². The van der Waals surface area contributed by atoms with E-state index in [9.17, 15) is 9.59 Å². The van der Waals surface area contributed by atoms with Crippen molar-refractivity contribution in [3.8, 4) is 11.5 Å². The number of hydrogen-bond donors (Lipinski definition) is 2. The quantitative estimate of drug-likeness (QED) is 0.586. The minimum atomic E-state index is -0.479. The SMILES string of the molecule is COc1cccc(/C=N\NC(=O)CNC(=O)c2ccco2)c1OC. The van der Waals surface area contributed by atoms with Crippen LogP contribution in [-0.4, -0.2) is 38.8 Å². The molecular weight excluding hydrogens is 314 g/mol. The van der Waals surface area contributed by atoms with E-state index < -0.39 is 11.8 Å². The van der Waals surface area contributed by atoms with Crippen molar-refractivity contribution in [2.75, 3.05) is 20.8 Å². The van der Waals surface area contributed by atoms with Crippen molar-refractivity contribution in [2.24, 2.45) is 5.10 Å². The van der Waals surface area contributed by atoms with E-state index in [2.05, 4.69) is 15.8 Å². The maximum Gasteiger partial charge on any atom is 0.287 e. The zero-order valence-corrected chi connectivity index (χ0v) is 13.2. The third-order valence-electron chi connectivity index (χ3n) is 2.98. The maximum atomic E-state index is 11.7. The molecule has 0 saturated carbocycles. The van der Waals surface area contributed by atoms with E-state index in [1.165, 1.54) is 32.8 Å². The number of nitrogens with one attached hydrogen (secondary N) is 2. The monoisotopic (exact) mass is 331 g/mol. The van der Waals surface area contributed by atoms with Crippen molar-refractivity contribution in [3.05, 3.63) is 47.9 Å². The number of hydrazone groups is 1. The Hall–Kier alpha value is -3.29. The lowest BCUT2D eigenvalue weighted by Crippen LogP contribution is -2.34. The number of benzene rings is 1. The average Bonchev–Trinajstić information content (AvgIpc) is 3.14. The van der Waals surface area contributed by atoms with E-state index in [1.54, 1.807) is 24.3 Å². The molecule has 2 N–H and O–H groups in total. The molecule has 0 unspecified atom stereocenters. The minimum absolute atomic E-state index is 0.132. The molecule has 1 aromatic carbocycles. The Morgan fingerprint density at radius 1 is 1.21 bits per heavy atom. The van der Waals surface area contributed by atoms with Gasteiger partial charge in [0.15, 0.2) is 17.3 Å². The first-order valence-corrected chi connectivity index (χ1v) is 7.00. The smallest absolute Gasteiger partial charge is 0.287 e. The van der Waals surface area contributed by atoms with Crippen LogP contribution in [0.25, 0.3) is 0 Å². The lowest BCUT2D eigenvalue weighted by atomic mass is 10.2. The molecule has 1 aromatic heterocycles. The van der Waals surface area contributed by atoms with Crippen LogP contribution in [0.3, 0.4) is 0 Å². The van der Waals surface area contributed by atoms with Gasteiger partial charge in [-0.05, 0) is 24.3 Å². The minimum Gasteiger partial charge on any atom is -0.493 e. The number of para-hydroxylation sites is 1. The van der Waals surface area contributed by atoms with E-state index in [-0.39, 0.29) is 12.3 Å². The van der Waals surface area contributed by atoms with Gasteiger partial charge in [0.25, 0.3) is 11.8 Å². The topological polar surface area (TPSA) is 102 Å². The molecule has 2 amide bonds. The van der Waals surface area contributed by atoms with Gasteiger partial charge in [-0.15, -0.1) is 0 Å². The van der Waals surface area contributed by atoms with Gasteiger partial charge in [-0.3, -0.25) is 9.59 Å². The van der Waals surface area contributed by atoms with Crippen LogP contribution in [0.4, 0.5) is 0 Å². The lowest BCUT2D eigenvalue weighted by Gasteiger charge is -2.09. The van der Waals surface area contributed by atoms with Crippen LogP contribution in [0.2, 0.25) is 0 Å². The number of rotatable bonds is 7. The molecule has 0 aliphatic rings. The summed E-state index contributed by atoms with van der Waals surface area (Å²) in [7, 11) is 3.04. The molecule has 126 valence electrons. The Labute approximate surface area is 138 Å². The van der Waals surface area contributed by atoms with Crippen molar-refractivity contribution in [1.82, 2.24) is 10.7 Å². The van der Waals surface area contributed by atoms with Gasteiger partial charge in [0, 0.05) is 5.56 Å². The molecule has 0 bridgehead atoms. The molecule has 1 heterocycles. The summed E-state index contributed by atoms with van der Waals surface area (Å²) in [5, 5.41) is 6.24. The Morgan fingerprint density at radius 2 is 2.04 bits per heavy atom. The second-order valence-corrected chi connectivity index (χ2v) is 4.54. The van der Waals surface area contributed by atoms with Crippen molar-refractivity contribution in [2.45, 2.75) is 0 Å². The number of ether oxygens (including phenoxy) is 2. The van der Waals surface area contributed by atoms with Crippen molar-refractivity contribution < 1.29 is 23.5 Å². The van der Waals surface area contributed by atoms with Gasteiger partial charge in [-0.2, -0.15) is 5.10 Å². The summed E-state index contributed by atoms with van der Waals surface area (Å²) in [5.74, 6) is 0.233. The second-order valence-electron chi connectivity index (χ2n) is 4.54. The van der Waals surface area contributed by atoms with Crippen LogP contribution in [0, 0.1) is 0 Å².